The van der Waals surface area contributed by atoms with Crippen molar-refractivity contribution in [1.82, 2.24) is 24.8 Å². The number of rotatable bonds is 3. The molecular formula is C18H19N5O3. The number of likely N-dealkylation sites (tertiary alicyclic amines) is 1. The van der Waals surface area contributed by atoms with Gasteiger partial charge in [-0.05, 0) is 26.0 Å². The summed E-state index contributed by atoms with van der Waals surface area (Å²) in [6.45, 7) is 4.07. The van der Waals surface area contributed by atoms with Gasteiger partial charge in [0, 0.05) is 13.0 Å². The Balaban J connectivity index is 1.57. The highest BCUT2D eigenvalue weighted by molar-refractivity contribution is 5.95. The molecule has 1 saturated heterocycles. The smallest absolute Gasteiger partial charge is 0.260 e. The number of carbonyl (C=O) groups excluding carboxylic acids is 1. The second-order valence-corrected chi connectivity index (χ2v) is 6.55. The van der Waals surface area contributed by atoms with E-state index in [1.54, 1.807) is 22.7 Å². The number of aromatic nitrogens is 4. The lowest BCUT2D eigenvalue weighted by atomic mass is 10.0. The third-order valence-corrected chi connectivity index (χ3v) is 4.70. The minimum atomic E-state index is -1.31. The molecule has 2 aromatic heterocycles. The summed E-state index contributed by atoms with van der Waals surface area (Å²) in [7, 11) is 0. The molecule has 1 aromatic carbocycles. The van der Waals surface area contributed by atoms with Gasteiger partial charge in [0.15, 0.2) is 11.4 Å². The molecule has 3 heterocycles. The Hall–Kier alpha value is -3.00. The Morgan fingerprint density at radius 3 is 2.73 bits per heavy atom. The summed E-state index contributed by atoms with van der Waals surface area (Å²) in [6, 6.07) is 9.63. The van der Waals surface area contributed by atoms with E-state index in [1.165, 1.54) is 0 Å². The maximum atomic E-state index is 12.9. The number of para-hydroxylation sites is 1. The van der Waals surface area contributed by atoms with Crippen LogP contribution in [0.2, 0.25) is 0 Å². The Morgan fingerprint density at radius 1 is 1.27 bits per heavy atom. The predicted molar refractivity (Wildman–Crippen MR) is 91.8 cm³/mol. The van der Waals surface area contributed by atoms with Gasteiger partial charge < -0.3 is 14.5 Å². The number of benzene rings is 1. The molecule has 1 fully saturated rings. The maximum absolute atomic E-state index is 12.9. The van der Waals surface area contributed by atoms with E-state index in [9.17, 15) is 9.90 Å². The zero-order valence-electron chi connectivity index (χ0n) is 14.6. The molecule has 8 heteroatoms. The Bertz CT molecular complexity index is 949. The monoisotopic (exact) mass is 353 g/mol. The van der Waals surface area contributed by atoms with Crippen LogP contribution >= 0.6 is 0 Å². The molecule has 0 bridgehead atoms. The van der Waals surface area contributed by atoms with Crippen LogP contribution in [-0.4, -0.2) is 48.9 Å². The number of aryl methyl sites for hydroxylation is 1. The van der Waals surface area contributed by atoms with Gasteiger partial charge >= 0.3 is 0 Å². The standard InChI is InChI=1S/C18H19N5O3/c1-12-15(10-19-23(12)14-6-4-3-5-7-14)16(24)22-9-8-18(25,11-22)17-20-13(2)21-26-17/h3-7,10,25H,8-9,11H2,1-2H3. The Morgan fingerprint density at radius 2 is 2.04 bits per heavy atom. The summed E-state index contributed by atoms with van der Waals surface area (Å²) in [4.78, 5) is 18.6. The van der Waals surface area contributed by atoms with E-state index in [0.717, 1.165) is 11.4 Å². The van der Waals surface area contributed by atoms with E-state index >= 15 is 0 Å². The predicted octanol–water partition coefficient (Wildman–Crippen LogP) is 1.61. The average Bonchev–Trinajstić information content (AvgIpc) is 3.35. The quantitative estimate of drug-likeness (QED) is 0.768. The molecule has 8 nitrogen and oxygen atoms in total. The molecule has 0 saturated carbocycles. The second-order valence-electron chi connectivity index (χ2n) is 6.55. The van der Waals surface area contributed by atoms with E-state index in [-0.39, 0.29) is 18.3 Å². The van der Waals surface area contributed by atoms with E-state index in [0.29, 0.717) is 24.4 Å². The van der Waals surface area contributed by atoms with Crippen LogP contribution in [0.1, 0.15) is 34.2 Å². The van der Waals surface area contributed by atoms with E-state index in [1.807, 2.05) is 37.3 Å². The van der Waals surface area contributed by atoms with Crippen molar-refractivity contribution in [3.05, 3.63) is 59.5 Å². The maximum Gasteiger partial charge on any atom is 0.260 e. The third-order valence-electron chi connectivity index (χ3n) is 4.70. The summed E-state index contributed by atoms with van der Waals surface area (Å²) >= 11 is 0. The fourth-order valence-electron chi connectivity index (χ4n) is 3.25. The number of β-amino-alcohol motifs (C(OH)–C–C–N with tert-alkyl or cyclic N) is 1. The van der Waals surface area contributed by atoms with Gasteiger partial charge in [-0.1, -0.05) is 23.4 Å². The summed E-state index contributed by atoms with van der Waals surface area (Å²) < 4.78 is 6.84. The highest BCUT2D eigenvalue weighted by atomic mass is 16.5. The molecule has 26 heavy (non-hydrogen) atoms. The van der Waals surface area contributed by atoms with Crippen molar-refractivity contribution in [2.45, 2.75) is 25.9 Å². The summed E-state index contributed by atoms with van der Waals surface area (Å²) in [5.74, 6) is 0.442. The Labute approximate surface area is 150 Å². The number of nitrogens with zero attached hydrogens (tertiary/aromatic N) is 5. The SMILES string of the molecule is Cc1noc(C2(O)CCN(C(=O)c3cnn(-c4ccccc4)c3C)C2)n1. The van der Waals surface area contributed by atoms with Crippen LogP contribution in [-0.2, 0) is 5.60 Å². The molecule has 4 rings (SSSR count). The van der Waals surface area contributed by atoms with Crippen LogP contribution < -0.4 is 0 Å². The van der Waals surface area contributed by atoms with Crippen molar-refractivity contribution in [2.75, 3.05) is 13.1 Å². The fraction of sp³-hybridized carbons (Fsp3) is 0.333. The number of amides is 1. The zero-order valence-corrected chi connectivity index (χ0v) is 14.6. The minimum absolute atomic E-state index is 0.115. The highest BCUT2D eigenvalue weighted by Gasteiger charge is 2.44. The van der Waals surface area contributed by atoms with Crippen molar-refractivity contribution in [3.8, 4) is 5.69 Å². The molecule has 0 aliphatic carbocycles. The molecule has 1 atom stereocenters. The molecule has 0 spiro atoms. The number of hydrogen-bond donors (Lipinski definition) is 1. The van der Waals surface area contributed by atoms with Crippen molar-refractivity contribution >= 4 is 5.91 Å². The van der Waals surface area contributed by atoms with Crippen LogP contribution in [0.25, 0.3) is 5.69 Å². The molecule has 1 amide bonds. The van der Waals surface area contributed by atoms with Crippen LogP contribution in [0.15, 0.2) is 41.1 Å². The van der Waals surface area contributed by atoms with Gasteiger partial charge in [0.2, 0.25) is 0 Å². The third kappa shape index (κ3) is 2.68. The second kappa shape index (κ2) is 6.06. The largest absolute Gasteiger partial charge is 0.378 e. The van der Waals surface area contributed by atoms with Gasteiger partial charge in [-0.25, -0.2) is 4.68 Å². The first kappa shape index (κ1) is 16.5. The van der Waals surface area contributed by atoms with Crippen molar-refractivity contribution < 1.29 is 14.4 Å². The average molecular weight is 353 g/mol. The first-order valence-corrected chi connectivity index (χ1v) is 8.40. The van der Waals surface area contributed by atoms with Crippen LogP contribution in [0.4, 0.5) is 0 Å². The van der Waals surface area contributed by atoms with Crippen molar-refractivity contribution in [2.24, 2.45) is 0 Å². The van der Waals surface area contributed by atoms with E-state index in [4.69, 9.17) is 4.52 Å². The fourth-order valence-corrected chi connectivity index (χ4v) is 3.25. The van der Waals surface area contributed by atoms with Crippen LogP contribution in [0, 0.1) is 13.8 Å². The highest BCUT2D eigenvalue weighted by Crippen LogP contribution is 2.32. The van der Waals surface area contributed by atoms with Crippen molar-refractivity contribution in [1.29, 1.82) is 0 Å². The lowest BCUT2D eigenvalue weighted by Gasteiger charge is -2.19. The topological polar surface area (TPSA) is 97.3 Å². The normalized spacial score (nSPS) is 19.9. The molecular weight excluding hydrogens is 334 g/mol. The van der Waals surface area contributed by atoms with Crippen molar-refractivity contribution in [3.63, 3.8) is 0 Å². The molecule has 0 radical (unpaired) electrons. The van der Waals surface area contributed by atoms with Gasteiger partial charge in [-0.15, -0.1) is 0 Å². The first-order chi connectivity index (χ1) is 12.5. The van der Waals surface area contributed by atoms with Gasteiger partial charge in [0.05, 0.1) is 29.7 Å². The number of hydrogen-bond acceptors (Lipinski definition) is 6. The van der Waals surface area contributed by atoms with Crippen LogP contribution in [0.5, 0.6) is 0 Å². The molecule has 1 N–H and O–H groups in total. The molecule has 1 unspecified atom stereocenters. The zero-order chi connectivity index (χ0) is 18.3. The van der Waals surface area contributed by atoms with Gasteiger partial charge in [-0.3, -0.25) is 4.79 Å². The minimum Gasteiger partial charge on any atom is -0.378 e. The molecule has 1 aliphatic rings. The van der Waals surface area contributed by atoms with Gasteiger partial charge in [0.1, 0.15) is 0 Å². The number of carbonyl (C=O) groups is 1. The van der Waals surface area contributed by atoms with Crippen LogP contribution in [0.3, 0.4) is 0 Å². The lowest BCUT2D eigenvalue weighted by molar-refractivity contribution is 0.0136. The van der Waals surface area contributed by atoms with Gasteiger partial charge in [-0.2, -0.15) is 10.1 Å². The summed E-state index contributed by atoms with van der Waals surface area (Å²) in [5.41, 5.74) is 0.855. The van der Waals surface area contributed by atoms with E-state index in [2.05, 4.69) is 15.2 Å². The Kier molecular flexibility index (Phi) is 3.84. The number of aliphatic hydroxyl groups is 1. The van der Waals surface area contributed by atoms with Gasteiger partial charge in [0.25, 0.3) is 11.8 Å². The first-order valence-electron chi connectivity index (χ1n) is 8.40. The summed E-state index contributed by atoms with van der Waals surface area (Å²) in [6.07, 6.45) is 1.92. The molecule has 3 aromatic rings. The molecule has 134 valence electrons. The summed E-state index contributed by atoms with van der Waals surface area (Å²) in [5, 5.41) is 18.8. The van der Waals surface area contributed by atoms with E-state index < -0.39 is 5.60 Å². The molecule has 1 aliphatic heterocycles. The lowest BCUT2D eigenvalue weighted by Crippen LogP contribution is -2.34.